The van der Waals surface area contributed by atoms with Crippen molar-refractivity contribution in [1.29, 1.82) is 0 Å². The van der Waals surface area contributed by atoms with Crippen molar-refractivity contribution in [2.45, 2.75) is 128 Å². The van der Waals surface area contributed by atoms with Crippen molar-refractivity contribution in [3.63, 3.8) is 0 Å². The summed E-state index contributed by atoms with van der Waals surface area (Å²) >= 11 is 0. The molecule has 3 nitrogen and oxygen atoms in total. The van der Waals surface area contributed by atoms with Gasteiger partial charge >= 0.3 is 0 Å². The van der Waals surface area contributed by atoms with Crippen molar-refractivity contribution in [1.82, 2.24) is 0 Å². The molecule has 0 bridgehead atoms. The van der Waals surface area contributed by atoms with Crippen LogP contribution < -0.4 is 5.73 Å². The number of nitrogens with two attached hydrogens (primary N) is 1. The number of phenolic OH excluding ortho intramolecular Hbond substituents is 1. The summed E-state index contributed by atoms with van der Waals surface area (Å²) in [6, 6.07) is 7.21. The summed E-state index contributed by atoms with van der Waals surface area (Å²) in [4.78, 5) is 11.4. The predicted octanol–water partition coefficient (Wildman–Crippen LogP) is 8.00. The van der Waals surface area contributed by atoms with Crippen molar-refractivity contribution in [2.75, 3.05) is 0 Å². The van der Waals surface area contributed by atoms with Gasteiger partial charge in [0.05, 0.1) is 0 Å². The Labute approximate surface area is 185 Å². The third kappa shape index (κ3) is 14.5. The number of amides is 1. The minimum absolute atomic E-state index is 0.176. The molecule has 1 rings (SSSR count). The molecule has 0 fully saturated rings. The van der Waals surface area contributed by atoms with E-state index in [-0.39, 0.29) is 17.6 Å². The second-order valence-electron chi connectivity index (χ2n) is 9.05. The van der Waals surface area contributed by atoms with Crippen LogP contribution in [0.1, 0.15) is 134 Å². The van der Waals surface area contributed by atoms with Gasteiger partial charge in [0.15, 0.2) is 0 Å². The molecule has 0 saturated heterocycles. The largest absolute Gasteiger partial charge is 0.508 e. The molecule has 1 atom stereocenters. The van der Waals surface area contributed by atoms with Gasteiger partial charge < -0.3 is 10.8 Å². The van der Waals surface area contributed by atoms with Crippen molar-refractivity contribution < 1.29 is 9.90 Å². The predicted molar refractivity (Wildman–Crippen MR) is 129 cm³/mol. The first-order valence-electron chi connectivity index (χ1n) is 12.7. The number of hydrogen-bond donors (Lipinski definition) is 2. The Bertz CT molecular complexity index is 526. The summed E-state index contributed by atoms with van der Waals surface area (Å²) in [5, 5.41) is 9.45. The number of primary amides is 1. The number of benzene rings is 1. The molecule has 3 heteroatoms. The van der Waals surface area contributed by atoms with Gasteiger partial charge in [0, 0.05) is 6.42 Å². The molecule has 0 saturated carbocycles. The molecule has 172 valence electrons. The molecular formula is C27H47NO2. The number of unbranched alkanes of at least 4 members (excludes halogenated alkanes) is 15. The topological polar surface area (TPSA) is 63.3 Å². The Balaban J connectivity index is 1.96. The third-order valence-corrected chi connectivity index (χ3v) is 6.22. The van der Waals surface area contributed by atoms with Gasteiger partial charge in [0.2, 0.25) is 5.91 Å². The van der Waals surface area contributed by atoms with Gasteiger partial charge in [0.25, 0.3) is 0 Å². The van der Waals surface area contributed by atoms with E-state index in [1.807, 2.05) is 12.1 Å². The number of carbonyl (C=O) groups is 1. The SMILES string of the molecule is CCCCCCCCCCCCCCCCCCC(CC(N)=O)c1ccc(O)cc1. The Morgan fingerprint density at radius 3 is 1.53 bits per heavy atom. The van der Waals surface area contributed by atoms with Crippen molar-refractivity contribution in [3.8, 4) is 5.75 Å². The highest BCUT2D eigenvalue weighted by atomic mass is 16.3. The molecule has 0 aliphatic carbocycles. The van der Waals surface area contributed by atoms with E-state index < -0.39 is 0 Å². The van der Waals surface area contributed by atoms with Gasteiger partial charge in [-0.2, -0.15) is 0 Å². The van der Waals surface area contributed by atoms with Gasteiger partial charge in [-0.25, -0.2) is 0 Å². The lowest BCUT2D eigenvalue weighted by atomic mass is 9.90. The summed E-state index contributed by atoms with van der Waals surface area (Å²) in [5.74, 6) is 0.193. The van der Waals surface area contributed by atoms with E-state index in [2.05, 4.69) is 6.92 Å². The second-order valence-corrected chi connectivity index (χ2v) is 9.05. The molecule has 1 aromatic rings. The summed E-state index contributed by atoms with van der Waals surface area (Å²) in [6.45, 7) is 2.28. The molecular weight excluding hydrogens is 370 g/mol. The summed E-state index contributed by atoms with van der Waals surface area (Å²) in [6.07, 6.45) is 23.3. The van der Waals surface area contributed by atoms with E-state index in [9.17, 15) is 9.90 Å². The molecule has 0 radical (unpaired) electrons. The number of aromatic hydroxyl groups is 1. The van der Waals surface area contributed by atoms with Crippen LogP contribution in [-0.2, 0) is 4.79 Å². The van der Waals surface area contributed by atoms with Crippen LogP contribution in [0.3, 0.4) is 0 Å². The lowest BCUT2D eigenvalue weighted by Gasteiger charge is -2.16. The number of hydrogen-bond acceptors (Lipinski definition) is 2. The highest BCUT2D eigenvalue weighted by Crippen LogP contribution is 2.27. The first kappa shape index (κ1) is 26.5. The zero-order chi connectivity index (χ0) is 21.9. The normalized spacial score (nSPS) is 12.2. The van der Waals surface area contributed by atoms with Gasteiger partial charge in [-0.15, -0.1) is 0 Å². The molecule has 0 aliphatic rings. The average Bonchev–Trinajstić information content (AvgIpc) is 2.73. The van der Waals surface area contributed by atoms with E-state index >= 15 is 0 Å². The Morgan fingerprint density at radius 1 is 0.733 bits per heavy atom. The van der Waals surface area contributed by atoms with E-state index in [1.165, 1.54) is 96.3 Å². The lowest BCUT2D eigenvalue weighted by Crippen LogP contribution is -2.15. The molecule has 1 aromatic carbocycles. The number of rotatable bonds is 20. The third-order valence-electron chi connectivity index (χ3n) is 6.22. The minimum Gasteiger partial charge on any atom is -0.508 e. The maximum atomic E-state index is 11.4. The van der Waals surface area contributed by atoms with Crippen molar-refractivity contribution in [2.24, 2.45) is 5.73 Å². The van der Waals surface area contributed by atoms with Gasteiger partial charge in [0.1, 0.15) is 5.75 Å². The molecule has 0 heterocycles. The highest BCUT2D eigenvalue weighted by Gasteiger charge is 2.14. The summed E-state index contributed by atoms with van der Waals surface area (Å²) in [5.41, 5.74) is 6.54. The maximum absolute atomic E-state index is 11.4. The van der Waals surface area contributed by atoms with Gasteiger partial charge in [-0.05, 0) is 30.0 Å². The number of carbonyl (C=O) groups excluding carboxylic acids is 1. The average molecular weight is 418 g/mol. The zero-order valence-corrected chi connectivity index (χ0v) is 19.5. The van der Waals surface area contributed by atoms with Crippen LogP contribution in [0.15, 0.2) is 24.3 Å². The van der Waals surface area contributed by atoms with E-state index in [4.69, 9.17) is 5.73 Å². The molecule has 3 N–H and O–H groups in total. The molecule has 1 amide bonds. The molecule has 0 aromatic heterocycles. The van der Waals surface area contributed by atoms with Crippen LogP contribution >= 0.6 is 0 Å². The van der Waals surface area contributed by atoms with E-state index in [0.717, 1.165) is 18.4 Å². The summed E-state index contributed by atoms with van der Waals surface area (Å²) in [7, 11) is 0. The molecule has 1 unspecified atom stereocenters. The Morgan fingerprint density at radius 2 is 1.13 bits per heavy atom. The fraction of sp³-hybridized carbons (Fsp3) is 0.741. The summed E-state index contributed by atoms with van der Waals surface area (Å²) < 4.78 is 0. The second kappa shape index (κ2) is 18.3. The lowest BCUT2D eigenvalue weighted by molar-refractivity contribution is -0.118. The Kier molecular flexibility index (Phi) is 16.2. The smallest absolute Gasteiger partial charge is 0.218 e. The number of phenols is 1. The monoisotopic (exact) mass is 417 g/mol. The van der Waals surface area contributed by atoms with Gasteiger partial charge in [-0.1, -0.05) is 122 Å². The van der Waals surface area contributed by atoms with Crippen LogP contribution in [0, 0.1) is 0 Å². The van der Waals surface area contributed by atoms with Crippen molar-refractivity contribution in [3.05, 3.63) is 29.8 Å². The van der Waals surface area contributed by atoms with Crippen LogP contribution in [0.4, 0.5) is 0 Å². The standard InChI is InChI=1S/C27H47NO2/c1-2-3-4-5-6-7-8-9-10-11-12-13-14-15-16-17-18-25(23-27(28)30)24-19-21-26(29)22-20-24/h19-22,25,29H,2-18,23H2,1H3,(H2,28,30). The van der Waals surface area contributed by atoms with E-state index in [1.54, 1.807) is 12.1 Å². The Hall–Kier alpha value is -1.51. The fourth-order valence-electron chi connectivity index (χ4n) is 4.31. The van der Waals surface area contributed by atoms with Gasteiger partial charge in [-0.3, -0.25) is 4.79 Å². The van der Waals surface area contributed by atoms with Crippen molar-refractivity contribution >= 4 is 5.91 Å². The van der Waals surface area contributed by atoms with E-state index in [0.29, 0.717) is 6.42 Å². The van der Waals surface area contributed by atoms with Crippen LogP contribution in [-0.4, -0.2) is 11.0 Å². The first-order valence-corrected chi connectivity index (χ1v) is 12.7. The quantitative estimate of drug-likeness (QED) is 0.211. The van der Waals surface area contributed by atoms with Crippen LogP contribution in [0.25, 0.3) is 0 Å². The molecule has 30 heavy (non-hydrogen) atoms. The first-order chi connectivity index (χ1) is 14.6. The minimum atomic E-state index is -0.246. The highest BCUT2D eigenvalue weighted by molar-refractivity contribution is 5.74. The zero-order valence-electron chi connectivity index (χ0n) is 19.5. The van der Waals surface area contributed by atoms with Crippen LogP contribution in [0.5, 0.6) is 5.75 Å². The fourth-order valence-corrected chi connectivity index (χ4v) is 4.31. The maximum Gasteiger partial charge on any atom is 0.218 e. The van der Waals surface area contributed by atoms with Crippen LogP contribution in [0.2, 0.25) is 0 Å². The molecule has 0 spiro atoms. The molecule has 0 aliphatic heterocycles.